The fourth-order valence-electron chi connectivity index (χ4n) is 2.91. The van der Waals surface area contributed by atoms with Gasteiger partial charge in [0.05, 0.1) is 10.7 Å². The minimum atomic E-state index is 0.182. The van der Waals surface area contributed by atoms with Crippen molar-refractivity contribution in [2.75, 3.05) is 33.7 Å². The molecule has 118 valence electrons. The Morgan fingerprint density at radius 1 is 1.48 bits per heavy atom. The van der Waals surface area contributed by atoms with Crippen molar-refractivity contribution in [3.05, 3.63) is 15.6 Å². The topological polar surface area (TPSA) is 36.4 Å². The third kappa shape index (κ3) is 4.27. The zero-order chi connectivity index (χ0) is 15.6. The molecule has 2 rings (SSSR count). The van der Waals surface area contributed by atoms with E-state index < -0.39 is 0 Å². The summed E-state index contributed by atoms with van der Waals surface area (Å²) in [5, 5.41) is 1.09. The Hall–Kier alpha value is -0.940. The number of carbonyl (C=O) groups excluding carboxylic acids is 1. The van der Waals surface area contributed by atoms with Crippen LogP contribution in [0.3, 0.4) is 0 Å². The van der Waals surface area contributed by atoms with Gasteiger partial charge >= 0.3 is 0 Å². The molecule has 4 nitrogen and oxygen atoms in total. The second-order valence-corrected chi connectivity index (χ2v) is 7.87. The molecule has 1 fully saturated rings. The van der Waals surface area contributed by atoms with Crippen LogP contribution in [0.25, 0.3) is 0 Å². The molecule has 2 heterocycles. The quantitative estimate of drug-likeness (QED) is 0.839. The van der Waals surface area contributed by atoms with E-state index in [1.807, 2.05) is 11.8 Å². The molecule has 0 saturated carbocycles. The van der Waals surface area contributed by atoms with E-state index in [9.17, 15) is 4.79 Å². The number of nitrogens with zero attached hydrogens (tertiary/aromatic N) is 3. The van der Waals surface area contributed by atoms with Gasteiger partial charge in [-0.05, 0) is 39.3 Å². The largest absolute Gasteiger partial charge is 0.338 e. The Morgan fingerprint density at radius 2 is 2.19 bits per heavy atom. The lowest BCUT2D eigenvalue weighted by Gasteiger charge is -2.18. The Bertz CT molecular complexity index is 496. The summed E-state index contributed by atoms with van der Waals surface area (Å²) in [6.45, 7) is 9.15. The van der Waals surface area contributed by atoms with Gasteiger partial charge in [0.1, 0.15) is 4.88 Å². The average Bonchev–Trinajstić information content (AvgIpc) is 2.94. The van der Waals surface area contributed by atoms with E-state index in [2.05, 4.69) is 37.8 Å². The molecule has 5 heteroatoms. The summed E-state index contributed by atoms with van der Waals surface area (Å²) < 4.78 is 0. The van der Waals surface area contributed by atoms with Gasteiger partial charge in [0.2, 0.25) is 0 Å². The normalized spacial score (nSPS) is 19.0. The van der Waals surface area contributed by atoms with Crippen LogP contribution in [0.15, 0.2) is 0 Å². The number of hydrogen-bond donors (Lipinski definition) is 0. The zero-order valence-electron chi connectivity index (χ0n) is 13.8. The molecule has 0 radical (unpaired) electrons. The first-order chi connectivity index (χ1) is 9.86. The number of rotatable bonds is 5. The Labute approximate surface area is 132 Å². The van der Waals surface area contributed by atoms with Gasteiger partial charge in [-0.1, -0.05) is 13.8 Å². The summed E-state index contributed by atoms with van der Waals surface area (Å²) in [7, 11) is 4.19. The van der Waals surface area contributed by atoms with E-state index in [0.29, 0.717) is 11.8 Å². The molecule has 1 aromatic heterocycles. The monoisotopic (exact) mass is 309 g/mol. The molecule has 1 atom stereocenters. The van der Waals surface area contributed by atoms with Crippen LogP contribution in [-0.2, 0) is 6.42 Å². The molecular weight excluding hydrogens is 282 g/mol. The second-order valence-electron chi connectivity index (χ2n) is 6.79. The molecule has 1 aliphatic rings. The van der Waals surface area contributed by atoms with Crippen LogP contribution in [0.4, 0.5) is 0 Å². The van der Waals surface area contributed by atoms with Crippen LogP contribution in [-0.4, -0.2) is 54.4 Å². The molecule has 0 N–H and O–H groups in total. The molecule has 0 spiro atoms. The van der Waals surface area contributed by atoms with Gasteiger partial charge in [0.25, 0.3) is 5.91 Å². The van der Waals surface area contributed by atoms with Gasteiger partial charge in [-0.15, -0.1) is 11.3 Å². The van der Waals surface area contributed by atoms with Crippen LogP contribution in [0.2, 0.25) is 0 Å². The zero-order valence-corrected chi connectivity index (χ0v) is 14.7. The van der Waals surface area contributed by atoms with Crippen molar-refractivity contribution in [2.24, 2.45) is 11.8 Å². The maximum absolute atomic E-state index is 12.7. The lowest BCUT2D eigenvalue weighted by atomic mass is 10.1. The molecule has 0 aliphatic carbocycles. The van der Waals surface area contributed by atoms with Crippen LogP contribution < -0.4 is 0 Å². The Morgan fingerprint density at radius 3 is 2.81 bits per heavy atom. The van der Waals surface area contributed by atoms with Crippen molar-refractivity contribution in [1.29, 1.82) is 0 Å². The maximum Gasteiger partial charge on any atom is 0.265 e. The fraction of sp³-hybridized carbons (Fsp3) is 0.750. The van der Waals surface area contributed by atoms with Crippen molar-refractivity contribution in [1.82, 2.24) is 14.8 Å². The smallest absolute Gasteiger partial charge is 0.265 e. The van der Waals surface area contributed by atoms with E-state index in [-0.39, 0.29) is 5.91 Å². The van der Waals surface area contributed by atoms with E-state index >= 15 is 0 Å². The second kappa shape index (κ2) is 6.88. The maximum atomic E-state index is 12.7. The molecule has 0 unspecified atom stereocenters. The summed E-state index contributed by atoms with van der Waals surface area (Å²) in [4.78, 5) is 22.3. The number of thiazole rings is 1. The lowest BCUT2D eigenvalue weighted by molar-refractivity contribution is 0.0789. The van der Waals surface area contributed by atoms with E-state index in [1.165, 1.54) is 0 Å². The van der Waals surface area contributed by atoms with Crippen molar-refractivity contribution in [3.8, 4) is 0 Å². The van der Waals surface area contributed by atoms with Crippen molar-refractivity contribution in [3.63, 3.8) is 0 Å². The molecule has 1 aliphatic heterocycles. The van der Waals surface area contributed by atoms with Gasteiger partial charge in [0.15, 0.2) is 0 Å². The molecule has 1 amide bonds. The van der Waals surface area contributed by atoms with Gasteiger partial charge in [-0.3, -0.25) is 4.79 Å². The summed E-state index contributed by atoms with van der Waals surface area (Å²) in [5.74, 6) is 1.36. The van der Waals surface area contributed by atoms with E-state index in [1.54, 1.807) is 11.3 Å². The summed E-state index contributed by atoms with van der Waals surface area (Å²) in [6, 6.07) is 0. The number of hydrogen-bond acceptors (Lipinski definition) is 4. The third-order valence-corrected chi connectivity index (χ3v) is 4.98. The number of carbonyl (C=O) groups is 1. The first kappa shape index (κ1) is 16.4. The molecule has 1 saturated heterocycles. The minimum Gasteiger partial charge on any atom is -0.338 e. The molecular formula is C16H27N3OS. The van der Waals surface area contributed by atoms with Gasteiger partial charge < -0.3 is 9.80 Å². The van der Waals surface area contributed by atoms with Crippen LogP contribution >= 0.6 is 11.3 Å². The Balaban J connectivity index is 2.02. The van der Waals surface area contributed by atoms with Crippen molar-refractivity contribution < 1.29 is 4.79 Å². The van der Waals surface area contributed by atoms with Crippen LogP contribution in [0.5, 0.6) is 0 Å². The highest BCUT2D eigenvalue weighted by Crippen LogP contribution is 2.25. The summed E-state index contributed by atoms with van der Waals surface area (Å²) in [5.41, 5.74) is 0.900. The molecule has 1 aromatic rings. The number of aromatic nitrogens is 1. The number of aryl methyl sites for hydroxylation is 1. The average molecular weight is 309 g/mol. The van der Waals surface area contributed by atoms with Crippen LogP contribution in [0, 0.1) is 18.8 Å². The first-order valence-corrected chi connectivity index (χ1v) is 8.58. The fourth-order valence-corrected chi connectivity index (χ4v) is 4.16. The van der Waals surface area contributed by atoms with Crippen molar-refractivity contribution in [2.45, 2.75) is 33.6 Å². The van der Waals surface area contributed by atoms with Gasteiger partial charge in [-0.2, -0.15) is 0 Å². The third-order valence-electron chi connectivity index (χ3n) is 3.81. The van der Waals surface area contributed by atoms with Crippen LogP contribution in [0.1, 0.15) is 40.6 Å². The molecule has 21 heavy (non-hydrogen) atoms. The standard InChI is InChI=1S/C16H27N3OS/c1-11(2)8-14-17-12(3)15(21-14)16(20)19-7-6-13(10-19)9-18(4)5/h11,13H,6-10H2,1-5H3/t13-/m0/s1. The SMILES string of the molecule is Cc1nc(CC(C)C)sc1C(=O)N1CC[C@@H](CN(C)C)C1. The highest BCUT2D eigenvalue weighted by molar-refractivity contribution is 7.13. The minimum absolute atomic E-state index is 0.182. The first-order valence-electron chi connectivity index (χ1n) is 7.77. The van der Waals surface area contributed by atoms with Gasteiger partial charge in [-0.25, -0.2) is 4.98 Å². The number of likely N-dealkylation sites (tertiary alicyclic amines) is 1. The summed E-state index contributed by atoms with van der Waals surface area (Å²) in [6.07, 6.45) is 2.07. The Kier molecular flexibility index (Phi) is 5.38. The van der Waals surface area contributed by atoms with Crippen molar-refractivity contribution >= 4 is 17.2 Å². The van der Waals surface area contributed by atoms with Gasteiger partial charge in [0, 0.05) is 26.1 Å². The van der Waals surface area contributed by atoms with E-state index in [4.69, 9.17) is 0 Å². The predicted molar refractivity (Wildman–Crippen MR) is 88.0 cm³/mol. The highest BCUT2D eigenvalue weighted by atomic mass is 32.1. The predicted octanol–water partition coefficient (Wildman–Crippen LogP) is 2.67. The lowest BCUT2D eigenvalue weighted by Crippen LogP contribution is -2.30. The molecule has 0 bridgehead atoms. The highest BCUT2D eigenvalue weighted by Gasteiger charge is 2.29. The molecule has 0 aromatic carbocycles. The number of amides is 1. The van der Waals surface area contributed by atoms with E-state index in [0.717, 1.165) is 48.1 Å². The summed E-state index contributed by atoms with van der Waals surface area (Å²) >= 11 is 1.59.